The molecular weight excluding hydrogens is 1670 g/mol. The summed E-state index contributed by atoms with van der Waals surface area (Å²) in [5, 5.41) is 32.9. The fraction of sp³-hybridized carbons (Fsp3) is 0.624. The van der Waals surface area contributed by atoms with Crippen LogP contribution in [0.1, 0.15) is 317 Å². The van der Waals surface area contributed by atoms with Gasteiger partial charge in [-0.15, -0.1) is 0 Å². The average molecular weight is 1840 g/mol. The normalized spacial score (nSPS) is 15.4. The second-order valence-electron chi connectivity index (χ2n) is 34.5. The van der Waals surface area contributed by atoms with Gasteiger partial charge in [-0.25, -0.2) is 35.3 Å². The Bertz CT molecular complexity index is 3850. The molecule has 0 N–H and O–H groups in total. The van der Waals surface area contributed by atoms with Crippen molar-refractivity contribution < 1.29 is 85.6 Å². The van der Waals surface area contributed by atoms with E-state index in [0.29, 0.717) is 186 Å². The first-order chi connectivity index (χ1) is 62.3. The molecule has 740 valence electrons. The number of fused-ring (bicyclic) bond motifs is 2. The van der Waals surface area contributed by atoms with Gasteiger partial charge >= 0.3 is 35.8 Å². The van der Waals surface area contributed by atoms with E-state index in [4.69, 9.17) is 84.5 Å². The highest BCUT2D eigenvalue weighted by Gasteiger charge is 2.56. The summed E-state index contributed by atoms with van der Waals surface area (Å²) in [4.78, 5) is 70.5. The maximum Gasteiger partial charge on any atom is 0.338 e. The van der Waals surface area contributed by atoms with Crippen molar-refractivity contribution in [2.45, 2.75) is 338 Å². The molecule has 3 aromatic rings. The zero-order valence-corrected chi connectivity index (χ0v) is 86.1. The largest absolute Gasteiger partial charge is 0.462 e. The van der Waals surface area contributed by atoms with E-state index in [1.807, 2.05) is 84.0 Å². The molecule has 11 unspecified atom stereocenters. The topological polar surface area (TPSA) is 313 Å². The summed E-state index contributed by atoms with van der Waals surface area (Å²) in [5.74, 6) is 1.96. The van der Waals surface area contributed by atoms with Crippen molar-refractivity contribution in [3.63, 3.8) is 0 Å². The Morgan fingerprint density at radius 3 is 1.25 bits per heavy atom. The van der Waals surface area contributed by atoms with Crippen LogP contribution in [0.3, 0.4) is 0 Å². The Morgan fingerprint density at radius 1 is 0.492 bits per heavy atom. The summed E-state index contributed by atoms with van der Waals surface area (Å²) in [6.07, 6.45) is 18.1. The van der Waals surface area contributed by atoms with Crippen LogP contribution in [0.4, 0.5) is 0 Å². The van der Waals surface area contributed by atoms with Crippen LogP contribution in [0.2, 0.25) is 0 Å². The van der Waals surface area contributed by atoms with Gasteiger partial charge in [0.25, 0.3) is 0 Å². The molecule has 2 aliphatic carbocycles. The molecule has 0 saturated heterocycles. The van der Waals surface area contributed by atoms with Crippen molar-refractivity contribution in [1.82, 2.24) is 0 Å². The number of carbonyl (C=O) groups excluding carboxylic acids is 6. The molecule has 5 rings (SSSR count). The van der Waals surface area contributed by atoms with Crippen LogP contribution in [-0.2, 0) is 88.2 Å². The number of hydrogen-bond donors (Lipinski definition) is 0. The molecule has 0 aliphatic heterocycles. The molecule has 23 nitrogen and oxygen atoms in total. The Kier molecular flexibility index (Phi) is 78.8. The fourth-order valence-electron chi connectivity index (χ4n) is 11.1. The van der Waals surface area contributed by atoms with Crippen molar-refractivity contribution in [2.75, 3.05) is 72.6 Å². The summed E-state index contributed by atoms with van der Waals surface area (Å²) in [7, 11) is 0. The number of rotatable bonds is 47. The monoisotopic (exact) mass is 1840 g/mol. The number of benzene rings is 3. The number of nitriles is 4. The number of hydrogen-bond acceptors (Lipinski definition) is 22. The highest BCUT2D eigenvalue weighted by molar-refractivity contribution is 5.90. The summed E-state index contributed by atoms with van der Waals surface area (Å²) >= 11 is 0. The third-order valence-electron chi connectivity index (χ3n) is 22.3. The lowest BCUT2D eigenvalue weighted by Gasteiger charge is -2.39. The number of carbonyl (C=O) groups is 6. The molecule has 23 heteroatoms. The van der Waals surface area contributed by atoms with Crippen LogP contribution in [0.15, 0.2) is 146 Å². The molecule has 0 radical (unpaired) electrons. The van der Waals surface area contributed by atoms with E-state index >= 15 is 0 Å². The molecule has 11 atom stereocenters. The first-order valence-corrected chi connectivity index (χ1v) is 47.1. The minimum atomic E-state index is -0.439. The summed E-state index contributed by atoms with van der Waals surface area (Å²) < 4.78 is 62.5. The second kappa shape index (κ2) is 79.7. The molecule has 0 amide bonds. The summed E-state index contributed by atoms with van der Waals surface area (Å²) in [6.45, 7) is 86.5. The van der Waals surface area contributed by atoms with Gasteiger partial charge in [-0.1, -0.05) is 212 Å². The van der Waals surface area contributed by atoms with Gasteiger partial charge in [0.2, 0.25) is 6.54 Å². The van der Waals surface area contributed by atoms with Crippen LogP contribution >= 0.6 is 0 Å². The molecule has 2 saturated carbocycles. The third-order valence-corrected chi connectivity index (χ3v) is 22.3. The van der Waals surface area contributed by atoms with E-state index in [9.17, 15) is 28.8 Å². The predicted molar refractivity (Wildman–Crippen MR) is 531 cm³/mol. The van der Waals surface area contributed by atoms with E-state index in [1.165, 1.54) is 36.5 Å². The molecule has 132 heavy (non-hydrogen) atoms. The van der Waals surface area contributed by atoms with Gasteiger partial charge in [-0.2, -0.15) is 21.0 Å². The van der Waals surface area contributed by atoms with Gasteiger partial charge in [0.1, 0.15) is 17.6 Å². The molecule has 0 heterocycles. The summed E-state index contributed by atoms with van der Waals surface area (Å²) in [6, 6.07) is 31.6. The van der Waals surface area contributed by atoms with E-state index < -0.39 is 11.9 Å². The van der Waals surface area contributed by atoms with Crippen molar-refractivity contribution >= 4 is 35.8 Å². The lowest BCUT2D eigenvalue weighted by Crippen LogP contribution is -2.40. The second-order valence-corrected chi connectivity index (χ2v) is 34.5. The van der Waals surface area contributed by atoms with E-state index in [-0.39, 0.29) is 52.3 Å². The number of esters is 6. The van der Waals surface area contributed by atoms with Gasteiger partial charge in [0.05, 0.1) is 147 Å². The first kappa shape index (κ1) is 131. The highest BCUT2D eigenvalue weighted by atomic mass is 16.6. The average Bonchev–Trinajstić information content (AvgIpc) is 1.58. The zero-order valence-electron chi connectivity index (χ0n) is 86.1. The Balaban J connectivity index is -0.000000465. The van der Waals surface area contributed by atoms with Crippen molar-refractivity contribution in [3.05, 3.63) is 180 Å². The standard InChI is InChI=1S/C24H26O4.C14H19NO.C14H22O2.2C9H17NO2.2C9H16O2.C8H14O2.C7H13NO.C6H11N/c1-7-24(6,18-8-12-20(13-9-18)27-22(25)16(2)3)19-10-14-21(15-11-19)28-23(26)17(4)5;1-3-12(2)14-7-5-13(6-8-14)11-16-10-4-9-15;1-5-14(4)11-7-6-10(8-11)12(14)16-13(15)9(2)3;2*1-3-9(2)12-8-7-11-6-4-5-10;1-5-8(4)6-11-9(10)7(2)3;1-5-8(10)11-7-9(3,4)6-2;1-5-7(4)10-8(9)6(2)3;1-3-7(2)9-6-4-5-8;1-4-6(2)5-7-3/h8-15H,2,4,7H2,1,3,5-6H3;5-8,12H,3-4,10-11H2,1-2H3;10-12H,2,5-8H2,1,3-4H3;2*9H,3-4,6-8H2,1-2H3;8H,2,5-6H2,1,3-4H3;5H,1,6-7H2,2-4H3;7H,2,5H2,1,3-4H3;7H,3-4,6H2,1-2H3;6H,4-5H2,1-2H3. The van der Waals surface area contributed by atoms with Crippen molar-refractivity contribution in [2.24, 2.45) is 34.5 Å². The molecule has 0 spiro atoms. The Labute approximate surface area is 798 Å². The number of ether oxygens (including phenoxy) is 12. The van der Waals surface area contributed by atoms with Gasteiger partial charge in [-0.05, 0) is 215 Å². The lowest BCUT2D eigenvalue weighted by atomic mass is 9.71. The van der Waals surface area contributed by atoms with Crippen LogP contribution in [0.25, 0.3) is 4.85 Å². The third kappa shape index (κ3) is 64.1. The van der Waals surface area contributed by atoms with Gasteiger partial charge in [-0.3, -0.25) is 0 Å². The molecule has 3 aromatic carbocycles. The van der Waals surface area contributed by atoms with E-state index in [0.717, 1.165) is 81.3 Å². The van der Waals surface area contributed by atoms with Gasteiger partial charge in [0.15, 0.2) is 0 Å². The minimum Gasteiger partial charge on any atom is -0.462 e. The van der Waals surface area contributed by atoms with Crippen LogP contribution in [0.5, 0.6) is 11.5 Å². The quantitative estimate of drug-likeness (QED) is 0.0127. The lowest BCUT2D eigenvalue weighted by molar-refractivity contribution is -0.155. The molecule has 2 aliphatic rings. The predicted octanol–water partition coefficient (Wildman–Crippen LogP) is 25.7. The summed E-state index contributed by atoms with van der Waals surface area (Å²) in [5.41, 5.74) is 6.93. The molecule has 2 fully saturated rings. The maximum absolute atomic E-state index is 11.7. The smallest absolute Gasteiger partial charge is 0.338 e. The van der Waals surface area contributed by atoms with Crippen LogP contribution < -0.4 is 9.47 Å². The minimum absolute atomic E-state index is 0.00389. The maximum atomic E-state index is 11.7. The van der Waals surface area contributed by atoms with Gasteiger partial charge < -0.3 is 61.7 Å². The number of nitrogens with zero attached hydrogens (tertiary/aromatic N) is 5. The zero-order chi connectivity index (χ0) is 102. The fourth-order valence-corrected chi connectivity index (χ4v) is 11.1. The van der Waals surface area contributed by atoms with Crippen molar-refractivity contribution in [1.29, 1.82) is 21.0 Å². The highest BCUT2D eigenvalue weighted by Crippen LogP contribution is 2.58. The molecule has 2 bridgehead atoms. The molecular formula is C109H171N5O18. The molecule has 0 aromatic heterocycles. The first-order valence-electron chi connectivity index (χ1n) is 47.1. The van der Waals surface area contributed by atoms with Gasteiger partial charge in [0, 0.05) is 50.7 Å². The Morgan fingerprint density at radius 2 is 0.902 bits per heavy atom. The van der Waals surface area contributed by atoms with E-state index in [1.54, 1.807) is 58.9 Å². The van der Waals surface area contributed by atoms with E-state index in [2.05, 4.69) is 179 Å². The SMILES string of the molecule is C=C(C)C(=O)OC(C)CC.C=C(C)C(=O)OC1C2CCC(C2)C1(C)CC.C=C(C)C(=O)OCC(C)CC.C=C(C)C(=O)Oc1ccc(C(C)(CC)c2ccc(OC(=O)C(=C)C)cc2)cc1.C=CC(=O)OCC(C)(C)CC.CCC(C)OCCC#N.CCC(C)OCCOCCC#N.CCC(C)OCCOCCC#N.CCC(C)c1ccc(COCCC#N)cc1.[C-]#[N+]CC(C)CC. The van der Waals surface area contributed by atoms with Crippen molar-refractivity contribution in [3.8, 4) is 35.8 Å². The Hall–Kier alpha value is -9.87. The van der Waals surface area contributed by atoms with Crippen LogP contribution in [-0.4, -0.2) is 139 Å². The van der Waals surface area contributed by atoms with Crippen LogP contribution in [0, 0.1) is 86.4 Å².